The van der Waals surface area contributed by atoms with Crippen LogP contribution in [0, 0.1) is 11.8 Å². The quantitative estimate of drug-likeness (QED) is 0.863. The van der Waals surface area contributed by atoms with Crippen molar-refractivity contribution < 1.29 is 4.79 Å². The Labute approximate surface area is 123 Å². The fourth-order valence-electron chi connectivity index (χ4n) is 3.35. The third kappa shape index (κ3) is 5.70. The van der Waals surface area contributed by atoms with Crippen LogP contribution < -0.4 is 5.32 Å². The molecule has 1 N–H and O–H groups in total. The van der Waals surface area contributed by atoms with Crippen molar-refractivity contribution in [2.45, 2.75) is 51.4 Å². The van der Waals surface area contributed by atoms with Gasteiger partial charge in [0.25, 0.3) is 0 Å². The largest absolute Gasteiger partial charge is 0.345 e. The van der Waals surface area contributed by atoms with Crippen LogP contribution in [0.15, 0.2) is 0 Å². The van der Waals surface area contributed by atoms with Gasteiger partial charge >= 0.3 is 0 Å². The summed E-state index contributed by atoms with van der Waals surface area (Å²) in [4.78, 5) is 14.2. The van der Waals surface area contributed by atoms with E-state index in [0.29, 0.717) is 11.8 Å². The standard InChI is InChI=1S/C15H28N2O.ClH/c1-17(12-14-5-3-2-4-6-14)15(18)11-13-7-9-16-10-8-13;/h13-14,16H,2-12H2,1H3;1H. The van der Waals surface area contributed by atoms with Crippen LogP contribution in [0.25, 0.3) is 0 Å². The molecule has 0 bridgehead atoms. The van der Waals surface area contributed by atoms with Crippen LogP contribution >= 0.6 is 12.4 Å². The molecule has 0 aromatic rings. The Balaban J connectivity index is 0.00000180. The number of amides is 1. The fourth-order valence-corrected chi connectivity index (χ4v) is 3.35. The van der Waals surface area contributed by atoms with E-state index in [1.165, 1.54) is 44.9 Å². The first kappa shape index (κ1) is 16.8. The average molecular weight is 289 g/mol. The number of carbonyl (C=O) groups excluding carboxylic acids is 1. The van der Waals surface area contributed by atoms with Crippen LogP contribution in [0.5, 0.6) is 0 Å². The van der Waals surface area contributed by atoms with Crippen molar-refractivity contribution in [2.24, 2.45) is 11.8 Å². The summed E-state index contributed by atoms with van der Waals surface area (Å²) in [5.41, 5.74) is 0. The van der Waals surface area contributed by atoms with Crippen LogP contribution in [-0.4, -0.2) is 37.5 Å². The molecule has 0 atom stereocenters. The first-order valence-corrected chi connectivity index (χ1v) is 7.70. The number of piperidine rings is 1. The van der Waals surface area contributed by atoms with E-state index in [4.69, 9.17) is 0 Å². The van der Waals surface area contributed by atoms with E-state index in [-0.39, 0.29) is 12.4 Å². The second-order valence-electron chi connectivity index (χ2n) is 6.18. The van der Waals surface area contributed by atoms with Crippen molar-refractivity contribution in [1.29, 1.82) is 0 Å². The summed E-state index contributed by atoms with van der Waals surface area (Å²) >= 11 is 0. The van der Waals surface area contributed by atoms with Crippen LogP contribution in [0.1, 0.15) is 51.4 Å². The lowest BCUT2D eigenvalue weighted by Crippen LogP contribution is -2.36. The van der Waals surface area contributed by atoms with E-state index in [1.807, 2.05) is 11.9 Å². The number of hydrogen-bond donors (Lipinski definition) is 1. The van der Waals surface area contributed by atoms with Crippen molar-refractivity contribution >= 4 is 18.3 Å². The van der Waals surface area contributed by atoms with Crippen molar-refractivity contribution in [3.8, 4) is 0 Å². The van der Waals surface area contributed by atoms with E-state index in [2.05, 4.69) is 5.32 Å². The Bertz CT molecular complexity index is 261. The zero-order chi connectivity index (χ0) is 12.8. The summed E-state index contributed by atoms with van der Waals surface area (Å²) in [6.45, 7) is 3.17. The summed E-state index contributed by atoms with van der Waals surface area (Å²) in [6.07, 6.45) is 9.87. The van der Waals surface area contributed by atoms with Gasteiger partial charge in [0.1, 0.15) is 0 Å². The van der Waals surface area contributed by atoms with E-state index < -0.39 is 0 Å². The highest BCUT2D eigenvalue weighted by molar-refractivity contribution is 5.85. The zero-order valence-corrected chi connectivity index (χ0v) is 13.0. The smallest absolute Gasteiger partial charge is 0.222 e. The minimum absolute atomic E-state index is 0. The minimum atomic E-state index is 0. The van der Waals surface area contributed by atoms with Gasteiger partial charge in [0, 0.05) is 20.0 Å². The second-order valence-corrected chi connectivity index (χ2v) is 6.18. The molecule has 0 radical (unpaired) electrons. The summed E-state index contributed by atoms with van der Waals surface area (Å²) in [5.74, 6) is 1.75. The number of hydrogen-bond acceptors (Lipinski definition) is 2. The van der Waals surface area contributed by atoms with Crippen molar-refractivity contribution in [3.05, 3.63) is 0 Å². The highest BCUT2D eigenvalue weighted by atomic mass is 35.5. The highest BCUT2D eigenvalue weighted by Gasteiger charge is 2.21. The monoisotopic (exact) mass is 288 g/mol. The Morgan fingerprint density at radius 2 is 1.68 bits per heavy atom. The molecule has 1 saturated carbocycles. The van der Waals surface area contributed by atoms with Crippen LogP contribution in [0.2, 0.25) is 0 Å². The molecule has 4 heteroatoms. The molecule has 0 unspecified atom stereocenters. The number of halogens is 1. The number of nitrogens with zero attached hydrogens (tertiary/aromatic N) is 1. The van der Waals surface area contributed by atoms with Gasteiger partial charge < -0.3 is 10.2 Å². The molecule has 2 rings (SSSR count). The molecule has 1 saturated heterocycles. The molecule has 1 heterocycles. The highest BCUT2D eigenvalue weighted by Crippen LogP contribution is 2.25. The lowest BCUT2D eigenvalue weighted by molar-refractivity contribution is -0.131. The predicted molar refractivity (Wildman–Crippen MR) is 81.7 cm³/mol. The van der Waals surface area contributed by atoms with Crippen molar-refractivity contribution in [2.75, 3.05) is 26.7 Å². The average Bonchev–Trinajstić information content (AvgIpc) is 2.41. The molecule has 2 aliphatic rings. The molecule has 1 amide bonds. The van der Waals surface area contributed by atoms with Gasteiger partial charge in [0.2, 0.25) is 5.91 Å². The first-order chi connectivity index (χ1) is 8.75. The number of nitrogens with one attached hydrogen (secondary N) is 1. The molecule has 0 aromatic heterocycles. The molecule has 0 aromatic carbocycles. The number of rotatable bonds is 4. The fraction of sp³-hybridized carbons (Fsp3) is 0.933. The Kier molecular flexibility index (Phi) is 7.77. The second kappa shape index (κ2) is 8.80. The Morgan fingerprint density at radius 3 is 2.32 bits per heavy atom. The maximum atomic E-state index is 12.2. The van der Waals surface area contributed by atoms with Gasteiger partial charge in [-0.1, -0.05) is 19.3 Å². The maximum Gasteiger partial charge on any atom is 0.222 e. The van der Waals surface area contributed by atoms with E-state index in [0.717, 1.165) is 32.0 Å². The summed E-state index contributed by atoms with van der Waals surface area (Å²) in [6, 6.07) is 0. The Morgan fingerprint density at radius 1 is 1.05 bits per heavy atom. The normalized spacial score (nSPS) is 21.7. The Hall–Kier alpha value is -0.280. The molecule has 2 fully saturated rings. The van der Waals surface area contributed by atoms with E-state index >= 15 is 0 Å². The minimum Gasteiger partial charge on any atom is -0.345 e. The molecule has 1 aliphatic carbocycles. The topological polar surface area (TPSA) is 32.3 Å². The van der Waals surface area contributed by atoms with Crippen LogP contribution in [-0.2, 0) is 4.79 Å². The van der Waals surface area contributed by atoms with Gasteiger partial charge in [-0.15, -0.1) is 12.4 Å². The summed E-state index contributed by atoms with van der Waals surface area (Å²) in [7, 11) is 2.00. The van der Waals surface area contributed by atoms with Gasteiger partial charge in [-0.05, 0) is 50.6 Å². The molecule has 1 aliphatic heterocycles. The molecule has 0 spiro atoms. The lowest BCUT2D eigenvalue weighted by Gasteiger charge is -2.29. The summed E-state index contributed by atoms with van der Waals surface area (Å²) < 4.78 is 0. The molecule has 112 valence electrons. The maximum absolute atomic E-state index is 12.2. The third-order valence-electron chi connectivity index (χ3n) is 4.60. The van der Waals surface area contributed by atoms with Crippen molar-refractivity contribution in [3.63, 3.8) is 0 Å². The lowest BCUT2D eigenvalue weighted by atomic mass is 9.88. The van der Waals surface area contributed by atoms with Crippen molar-refractivity contribution in [1.82, 2.24) is 10.2 Å². The number of carbonyl (C=O) groups is 1. The van der Waals surface area contributed by atoms with E-state index in [1.54, 1.807) is 0 Å². The van der Waals surface area contributed by atoms with Gasteiger partial charge in [-0.25, -0.2) is 0 Å². The van der Waals surface area contributed by atoms with Crippen LogP contribution in [0.3, 0.4) is 0 Å². The molecular formula is C15H29ClN2O. The van der Waals surface area contributed by atoms with Gasteiger partial charge in [0.15, 0.2) is 0 Å². The zero-order valence-electron chi connectivity index (χ0n) is 12.2. The molecule has 3 nitrogen and oxygen atoms in total. The SMILES string of the molecule is CN(CC1CCCCC1)C(=O)CC1CCNCC1.Cl. The third-order valence-corrected chi connectivity index (χ3v) is 4.60. The van der Waals surface area contributed by atoms with Gasteiger partial charge in [0.05, 0.1) is 0 Å². The van der Waals surface area contributed by atoms with E-state index in [9.17, 15) is 4.79 Å². The predicted octanol–water partition coefficient (Wildman–Crippen LogP) is 2.84. The van der Waals surface area contributed by atoms with Crippen LogP contribution in [0.4, 0.5) is 0 Å². The summed E-state index contributed by atoms with van der Waals surface area (Å²) in [5, 5.41) is 3.36. The molecular weight excluding hydrogens is 260 g/mol. The molecule has 19 heavy (non-hydrogen) atoms. The van der Waals surface area contributed by atoms with Gasteiger partial charge in [-0.2, -0.15) is 0 Å². The van der Waals surface area contributed by atoms with Gasteiger partial charge in [-0.3, -0.25) is 4.79 Å². The first-order valence-electron chi connectivity index (χ1n) is 7.70.